The summed E-state index contributed by atoms with van der Waals surface area (Å²) in [5.74, 6) is 0.718. The summed E-state index contributed by atoms with van der Waals surface area (Å²) < 4.78 is 0. The molecule has 0 amide bonds. The van der Waals surface area contributed by atoms with Gasteiger partial charge < -0.3 is 0 Å². The molecule has 0 bridgehead atoms. The lowest BCUT2D eigenvalue weighted by atomic mass is 9.67. The number of hydrogen-bond acceptors (Lipinski definition) is 3. The minimum Gasteiger partial charge on any atom is -0.228 e. The lowest BCUT2D eigenvalue weighted by Gasteiger charge is -2.40. The maximum absolute atomic E-state index is 5.12. The number of benzene rings is 8. The van der Waals surface area contributed by atoms with Crippen molar-refractivity contribution in [2.75, 3.05) is 0 Å². The van der Waals surface area contributed by atoms with Gasteiger partial charge in [0.05, 0.1) is 16.8 Å². The van der Waals surface area contributed by atoms with Gasteiger partial charge in [-0.3, -0.25) is 0 Å². The van der Waals surface area contributed by atoms with E-state index in [2.05, 4.69) is 176 Å². The molecule has 0 saturated heterocycles. The summed E-state index contributed by atoms with van der Waals surface area (Å²) in [6.45, 7) is 0. The summed E-state index contributed by atoms with van der Waals surface area (Å²) >= 11 is 1.88. The molecule has 1 aliphatic heterocycles. The SMILES string of the molecule is c1ccc(-c2nc(-c3ccc(-c4ccc5c(c4)C4(c6ccccc6S5)c5ccccc5-c5ccccc54)cc3)cc(-c3ccc4ccccc4c3)n2)cc1. The van der Waals surface area contributed by atoms with E-state index in [0.717, 1.165) is 33.9 Å². The van der Waals surface area contributed by atoms with Gasteiger partial charge in [-0.05, 0) is 85.6 Å². The number of rotatable bonds is 4. The first-order valence-corrected chi connectivity index (χ1v) is 19.2. The lowest BCUT2D eigenvalue weighted by molar-refractivity contribution is 0.723. The molecule has 2 aliphatic rings. The van der Waals surface area contributed by atoms with E-state index in [4.69, 9.17) is 9.97 Å². The molecular weight excluding hydrogens is 673 g/mol. The van der Waals surface area contributed by atoms with Crippen LogP contribution in [-0.2, 0) is 5.41 Å². The fourth-order valence-corrected chi connectivity index (χ4v) is 9.85. The minimum absolute atomic E-state index is 0.395. The second-order valence-electron chi connectivity index (χ2n) is 14.1. The fourth-order valence-electron chi connectivity index (χ4n) is 8.68. The van der Waals surface area contributed by atoms with Gasteiger partial charge in [0.2, 0.25) is 0 Å². The zero-order chi connectivity index (χ0) is 35.6. The van der Waals surface area contributed by atoms with Gasteiger partial charge in [0.15, 0.2) is 5.82 Å². The molecule has 1 spiro atoms. The van der Waals surface area contributed by atoms with Crippen LogP contribution in [0.2, 0.25) is 0 Å². The van der Waals surface area contributed by atoms with Crippen molar-refractivity contribution in [1.29, 1.82) is 0 Å². The van der Waals surface area contributed by atoms with Crippen LogP contribution in [0.4, 0.5) is 0 Å². The Morgan fingerprint density at radius 1 is 0.333 bits per heavy atom. The van der Waals surface area contributed by atoms with Crippen LogP contribution in [0.15, 0.2) is 204 Å². The Morgan fingerprint density at radius 2 is 0.889 bits per heavy atom. The van der Waals surface area contributed by atoms with Crippen LogP contribution in [-0.4, -0.2) is 9.97 Å². The van der Waals surface area contributed by atoms with E-state index in [0.29, 0.717) is 0 Å². The third-order valence-electron chi connectivity index (χ3n) is 11.2. The molecule has 11 rings (SSSR count). The summed E-state index contributed by atoms with van der Waals surface area (Å²) in [7, 11) is 0. The summed E-state index contributed by atoms with van der Waals surface area (Å²) in [5.41, 5.74) is 14.9. The smallest absolute Gasteiger partial charge is 0.160 e. The molecule has 3 heteroatoms. The van der Waals surface area contributed by atoms with E-state index < -0.39 is 5.41 Å². The molecule has 0 saturated carbocycles. The Labute approximate surface area is 318 Å². The van der Waals surface area contributed by atoms with E-state index in [1.165, 1.54) is 65.1 Å². The molecule has 0 radical (unpaired) electrons. The van der Waals surface area contributed by atoms with Crippen LogP contribution in [0.1, 0.15) is 22.3 Å². The number of fused-ring (bicyclic) bond motifs is 10. The average molecular weight is 705 g/mol. The van der Waals surface area contributed by atoms with Gasteiger partial charge in [0.1, 0.15) is 0 Å². The largest absolute Gasteiger partial charge is 0.228 e. The summed E-state index contributed by atoms with van der Waals surface area (Å²) in [5, 5.41) is 2.41. The summed E-state index contributed by atoms with van der Waals surface area (Å²) in [6, 6.07) is 70.3. The summed E-state index contributed by atoms with van der Waals surface area (Å²) in [4.78, 5) is 12.8. The average Bonchev–Trinajstić information content (AvgIpc) is 3.54. The fraction of sp³-hybridized carbons (Fsp3) is 0.0196. The van der Waals surface area contributed by atoms with Crippen LogP contribution < -0.4 is 0 Å². The van der Waals surface area contributed by atoms with Crippen molar-refractivity contribution in [3.63, 3.8) is 0 Å². The van der Waals surface area contributed by atoms with Crippen molar-refractivity contribution in [2.45, 2.75) is 15.2 Å². The van der Waals surface area contributed by atoms with Crippen molar-refractivity contribution in [1.82, 2.24) is 9.97 Å². The first kappa shape index (κ1) is 31.0. The molecule has 0 N–H and O–H groups in total. The molecule has 252 valence electrons. The molecule has 0 atom stereocenters. The monoisotopic (exact) mass is 704 g/mol. The van der Waals surface area contributed by atoms with Gasteiger partial charge in [-0.25, -0.2) is 9.97 Å². The van der Waals surface area contributed by atoms with Crippen LogP contribution in [0.25, 0.3) is 66.9 Å². The van der Waals surface area contributed by atoms with Crippen LogP contribution in [0.3, 0.4) is 0 Å². The van der Waals surface area contributed by atoms with Gasteiger partial charge in [0, 0.05) is 26.5 Å². The molecule has 2 heterocycles. The van der Waals surface area contributed by atoms with Gasteiger partial charge in [0.25, 0.3) is 0 Å². The predicted octanol–water partition coefficient (Wildman–Crippen LogP) is 13.1. The first-order chi connectivity index (χ1) is 26.7. The molecule has 0 unspecified atom stereocenters. The highest BCUT2D eigenvalue weighted by Crippen LogP contribution is 2.62. The highest BCUT2D eigenvalue weighted by Gasteiger charge is 2.50. The van der Waals surface area contributed by atoms with Crippen molar-refractivity contribution in [3.05, 3.63) is 216 Å². The molecule has 9 aromatic rings. The van der Waals surface area contributed by atoms with Gasteiger partial charge in [-0.2, -0.15) is 0 Å². The van der Waals surface area contributed by atoms with Crippen molar-refractivity contribution in [3.8, 4) is 56.2 Å². The third kappa shape index (κ3) is 4.75. The molecule has 8 aromatic carbocycles. The van der Waals surface area contributed by atoms with Crippen molar-refractivity contribution < 1.29 is 0 Å². The number of nitrogens with zero attached hydrogens (tertiary/aromatic N) is 2. The standard InChI is InChI=1S/C51H32N2S/c1-2-13-36(14-3-1)50-52-46(32-47(53-50)39-27-24-33-12-4-5-15-37(33)30-39)35-25-22-34(23-26-35)38-28-29-49-45(31-38)51(44-20-10-11-21-48(44)54-49)42-18-8-6-16-40(42)41-17-7-9-19-43(41)51/h1-32H. The Bertz CT molecular complexity index is 2870. The van der Waals surface area contributed by atoms with E-state index >= 15 is 0 Å². The number of aromatic nitrogens is 2. The molecule has 1 aliphatic carbocycles. The van der Waals surface area contributed by atoms with Gasteiger partial charge in [-0.1, -0.05) is 176 Å². The maximum atomic E-state index is 5.12. The van der Waals surface area contributed by atoms with Gasteiger partial charge >= 0.3 is 0 Å². The van der Waals surface area contributed by atoms with Crippen LogP contribution >= 0.6 is 11.8 Å². The van der Waals surface area contributed by atoms with E-state index in [9.17, 15) is 0 Å². The summed E-state index contributed by atoms with van der Waals surface area (Å²) in [6.07, 6.45) is 0. The Morgan fingerprint density at radius 3 is 1.65 bits per heavy atom. The highest BCUT2D eigenvalue weighted by atomic mass is 32.2. The minimum atomic E-state index is -0.395. The normalized spacial score (nSPS) is 13.3. The van der Waals surface area contributed by atoms with E-state index in [1.54, 1.807) is 0 Å². The zero-order valence-corrected chi connectivity index (χ0v) is 30.1. The quantitative estimate of drug-likeness (QED) is 0.182. The topological polar surface area (TPSA) is 25.8 Å². The molecular formula is C51H32N2S. The van der Waals surface area contributed by atoms with Crippen LogP contribution in [0, 0.1) is 0 Å². The molecule has 0 fully saturated rings. The zero-order valence-electron chi connectivity index (χ0n) is 29.3. The van der Waals surface area contributed by atoms with Crippen molar-refractivity contribution >= 4 is 22.5 Å². The predicted molar refractivity (Wildman–Crippen MR) is 223 cm³/mol. The third-order valence-corrected chi connectivity index (χ3v) is 12.3. The number of hydrogen-bond donors (Lipinski definition) is 0. The second-order valence-corrected chi connectivity index (χ2v) is 15.2. The molecule has 1 aromatic heterocycles. The maximum Gasteiger partial charge on any atom is 0.160 e. The molecule has 54 heavy (non-hydrogen) atoms. The first-order valence-electron chi connectivity index (χ1n) is 18.4. The Kier molecular flexibility index (Phi) is 7.05. The lowest BCUT2D eigenvalue weighted by Crippen LogP contribution is -2.32. The van der Waals surface area contributed by atoms with Crippen LogP contribution in [0.5, 0.6) is 0 Å². The van der Waals surface area contributed by atoms with Crippen molar-refractivity contribution in [2.24, 2.45) is 0 Å². The highest BCUT2D eigenvalue weighted by molar-refractivity contribution is 7.99. The van der Waals surface area contributed by atoms with E-state index in [1.807, 2.05) is 30.0 Å². The second kappa shape index (κ2) is 12.3. The Balaban J connectivity index is 1.04. The van der Waals surface area contributed by atoms with E-state index in [-0.39, 0.29) is 0 Å². The van der Waals surface area contributed by atoms with Gasteiger partial charge in [-0.15, -0.1) is 0 Å². The molecule has 2 nitrogen and oxygen atoms in total. The Hall–Kier alpha value is -6.55.